The monoisotopic (exact) mass is 284 g/mol. The standard InChI is InChI=1S/C16H20N4O/c1-12(14-9-17-10-14)16(21)19-15-5-2-4-13(8-15)11-20-7-3-6-18-20/h2-8,12,14,17H,9-11H2,1H3,(H,19,21). The average Bonchev–Trinajstić information content (AvgIpc) is 2.90. The molecule has 0 saturated carbocycles. The maximum Gasteiger partial charge on any atom is 0.227 e. The van der Waals surface area contributed by atoms with Crippen molar-refractivity contribution in [1.82, 2.24) is 15.1 Å². The van der Waals surface area contributed by atoms with Crippen molar-refractivity contribution in [2.75, 3.05) is 18.4 Å². The molecule has 0 radical (unpaired) electrons. The fourth-order valence-corrected chi connectivity index (χ4v) is 2.46. The summed E-state index contributed by atoms with van der Waals surface area (Å²) in [7, 11) is 0. The van der Waals surface area contributed by atoms with Crippen LogP contribution < -0.4 is 10.6 Å². The van der Waals surface area contributed by atoms with E-state index in [9.17, 15) is 4.79 Å². The van der Waals surface area contributed by atoms with E-state index in [2.05, 4.69) is 15.7 Å². The molecular formula is C16H20N4O. The Bertz CT molecular complexity index is 604. The van der Waals surface area contributed by atoms with Gasteiger partial charge in [0.15, 0.2) is 0 Å². The van der Waals surface area contributed by atoms with Gasteiger partial charge in [0.25, 0.3) is 0 Å². The zero-order valence-electron chi connectivity index (χ0n) is 12.1. The van der Waals surface area contributed by atoms with Crippen molar-refractivity contribution in [3.63, 3.8) is 0 Å². The summed E-state index contributed by atoms with van der Waals surface area (Å²) in [6.45, 7) is 4.58. The normalized spacial score (nSPS) is 16.2. The Hall–Kier alpha value is -2.14. The maximum atomic E-state index is 12.2. The SMILES string of the molecule is CC(C(=O)Nc1cccc(Cn2cccn2)c1)C1CNC1. The van der Waals surface area contributed by atoms with E-state index < -0.39 is 0 Å². The van der Waals surface area contributed by atoms with Gasteiger partial charge in [0.2, 0.25) is 5.91 Å². The van der Waals surface area contributed by atoms with Crippen molar-refractivity contribution >= 4 is 11.6 Å². The number of aromatic nitrogens is 2. The van der Waals surface area contributed by atoms with Gasteiger partial charge in [-0.15, -0.1) is 0 Å². The summed E-state index contributed by atoms with van der Waals surface area (Å²) in [5.74, 6) is 0.594. The highest BCUT2D eigenvalue weighted by Crippen LogP contribution is 2.19. The van der Waals surface area contributed by atoms with Crippen LogP contribution in [0.3, 0.4) is 0 Å². The molecule has 2 N–H and O–H groups in total. The molecule has 1 saturated heterocycles. The van der Waals surface area contributed by atoms with Crippen molar-refractivity contribution in [2.45, 2.75) is 13.5 Å². The predicted octanol–water partition coefficient (Wildman–Crippen LogP) is 1.73. The zero-order chi connectivity index (χ0) is 14.7. The van der Waals surface area contributed by atoms with Crippen LogP contribution >= 0.6 is 0 Å². The molecule has 0 aliphatic carbocycles. The first kappa shape index (κ1) is 13.8. The number of hydrogen-bond donors (Lipinski definition) is 2. The lowest BCUT2D eigenvalue weighted by molar-refractivity contribution is -0.121. The fraction of sp³-hybridized carbons (Fsp3) is 0.375. The molecule has 1 unspecified atom stereocenters. The van der Waals surface area contributed by atoms with Gasteiger partial charge in [-0.2, -0.15) is 5.10 Å². The van der Waals surface area contributed by atoms with E-state index in [1.165, 1.54) is 0 Å². The minimum absolute atomic E-state index is 0.0426. The first-order chi connectivity index (χ1) is 10.2. The first-order valence-corrected chi connectivity index (χ1v) is 7.30. The Labute approximate surface area is 124 Å². The number of anilines is 1. The molecule has 0 spiro atoms. The number of rotatable bonds is 5. The van der Waals surface area contributed by atoms with Crippen molar-refractivity contribution in [3.8, 4) is 0 Å². The highest BCUT2D eigenvalue weighted by Gasteiger charge is 2.28. The van der Waals surface area contributed by atoms with Crippen LogP contribution in [0.15, 0.2) is 42.7 Å². The van der Waals surface area contributed by atoms with E-state index in [1.54, 1.807) is 6.20 Å². The molecule has 1 atom stereocenters. The van der Waals surface area contributed by atoms with E-state index >= 15 is 0 Å². The quantitative estimate of drug-likeness (QED) is 0.879. The molecule has 1 aliphatic rings. The smallest absolute Gasteiger partial charge is 0.227 e. The summed E-state index contributed by atoms with van der Waals surface area (Å²) in [5.41, 5.74) is 1.97. The van der Waals surface area contributed by atoms with Gasteiger partial charge in [0.05, 0.1) is 6.54 Å². The van der Waals surface area contributed by atoms with E-state index in [1.807, 2.05) is 48.1 Å². The molecule has 21 heavy (non-hydrogen) atoms. The Morgan fingerprint density at radius 2 is 2.33 bits per heavy atom. The van der Waals surface area contributed by atoms with E-state index in [4.69, 9.17) is 0 Å². The summed E-state index contributed by atoms with van der Waals surface area (Å²) in [5, 5.41) is 10.4. The molecule has 1 fully saturated rings. The highest BCUT2D eigenvalue weighted by molar-refractivity contribution is 5.92. The number of benzene rings is 1. The second-order valence-electron chi connectivity index (χ2n) is 5.60. The van der Waals surface area contributed by atoms with E-state index in [-0.39, 0.29) is 11.8 Å². The summed E-state index contributed by atoms with van der Waals surface area (Å²) < 4.78 is 1.86. The fourth-order valence-electron chi connectivity index (χ4n) is 2.46. The molecular weight excluding hydrogens is 264 g/mol. The van der Waals surface area contributed by atoms with Crippen molar-refractivity contribution in [2.24, 2.45) is 11.8 Å². The molecule has 1 amide bonds. The Kier molecular flexibility index (Phi) is 4.01. The van der Waals surface area contributed by atoms with Crippen LogP contribution in [0.4, 0.5) is 5.69 Å². The molecule has 2 aromatic rings. The van der Waals surface area contributed by atoms with Crippen LogP contribution in [0.5, 0.6) is 0 Å². The Balaban J connectivity index is 1.63. The number of carbonyl (C=O) groups excluding carboxylic acids is 1. The van der Waals surface area contributed by atoms with E-state index in [0.717, 1.165) is 24.3 Å². The van der Waals surface area contributed by atoms with Crippen molar-refractivity contribution < 1.29 is 4.79 Å². The van der Waals surface area contributed by atoms with Gasteiger partial charge in [-0.3, -0.25) is 9.48 Å². The molecule has 5 nitrogen and oxygen atoms in total. The van der Waals surface area contributed by atoms with Crippen molar-refractivity contribution in [3.05, 3.63) is 48.3 Å². The topological polar surface area (TPSA) is 59.0 Å². The van der Waals surface area contributed by atoms with E-state index in [0.29, 0.717) is 12.5 Å². The second kappa shape index (κ2) is 6.10. The van der Waals surface area contributed by atoms with Gasteiger partial charge in [-0.25, -0.2) is 0 Å². The Morgan fingerprint density at radius 1 is 1.48 bits per heavy atom. The maximum absolute atomic E-state index is 12.2. The molecule has 3 rings (SSSR count). The zero-order valence-corrected chi connectivity index (χ0v) is 12.1. The molecule has 0 bridgehead atoms. The van der Waals surface area contributed by atoms with Gasteiger partial charge < -0.3 is 10.6 Å². The lowest BCUT2D eigenvalue weighted by atomic mass is 9.88. The van der Waals surface area contributed by atoms with Gasteiger partial charge in [-0.05, 0) is 42.8 Å². The highest BCUT2D eigenvalue weighted by atomic mass is 16.1. The largest absolute Gasteiger partial charge is 0.326 e. The molecule has 1 aromatic carbocycles. The van der Waals surface area contributed by atoms with Crippen LogP contribution in [0.25, 0.3) is 0 Å². The minimum Gasteiger partial charge on any atom is -0.326 e. The van der Waals surface area contributed by atoms with Gasteiger partial charge in [0, 0.05) is 24.0 Å². The predicted molar refractivity (Wildman–Crippen MR) is 81.9 cm³/mol. The number of nitrogens with zero attached hydrogens (tertiary/aromatic N) is 2. The van der Waals surface area contributed by atoms with Crippen molar-refractivity contribution in [1.29, 1.82) is 0 Å². The molecule has 5 heteroatoms. The van der Waals surface area contributed by atoms with Crippen LogP contribution in [-0.2, 0) is 11.3 Å². The summed E-state index contributed by atoms with van der Waals surface area (Å²) in [6.07, 6.45) is 3.69. The third-order valence-corrected chi connectivity index (χ3v) is 4.03. The summed E-state index contributed by atoms with van der Waals surface area (Å²) >= 11 is 0. The number of hydrogen-bond acceptors (Lipinski definition) is 3. The lowest BCUT2D eigenvalue weighted by Gasteiger charge is -2.31. The number of carbonyl (C=O) groups is 1. The molecule has 1 aliphatic heterocycles. The number of amides is 1. The van der Waals surface area contributed by atoms with Gasteiger partial charge in [-0.1, -0.05) is 19.1 Å². The van der Waals surface area contributed by atoms with Gasteiger partial charge in [0.1, 0.15) is 0 Å². The molecule has 110 valence electrons. The first-order valence-electron chi connectivity index (χ1n) is 7.30. The minimum atomic E-state index is 0.0426. The van der Waals surface area contributed by atoms with Crippen LogP contribution in [0.2, 0.25) is 0 Å². The molecule has 1 aromatic heterocycles. The average molecular weight is 284 g/mol. The molecule has 2 heterocycles. The van der Waals surface area contributed by atoms with Crippen LogP contribution in [0.1, 0.15) is 12.5 Å². The Morgan fingerprint density at radius 3 is 3.00 bits per heavy atom. The third-order valence-electron chi connectivity index (χ3n) is 4.03. The van der Waals surface area contributed by atoms with Crippen LogP contribution in [-0.4, -0.2) is 28.8 Å². The summed E-state index contributed by atoms with van der Waals surface area (Å²) in [6, 6.07) is 9.84. The summed E-state index contributed by atoms with van der Waals surface area (Å²) in [4.78, 5) is 12.2. The lowest BCUT2D eigenvalue weighted by Crippen LogP contribution is -2.48. The second-order valence-corrected chi connectivity index (χ2v) is 5.60. The van der Waals surface area contributed by atoms with Gasteiger partial charge >= 0.3 is 0 Å². The van der Waals surface area contributed by atoms with Crippen LogP contribution in [0, 0.1) is 11.8 Å². The third kappa shape index (κ3) is 3.31. The number of nitrogens with one attached hydrogen (secondary N) is 2.